The highest BCUT2D eigenvalue weighted by molar-refractivity contribution is 5.92. The van der Waals surface area contributed by atoms with Crippen molar-refractivity contribution in [1.29, 1.82) is 0 Å². The molecular weight excluding hydrogens is 434 g/mol. The molecule has 0 bridgehead atoms. The summed E-state index contributed by atoms with van der Waals surface area (Å²) in [6.07, 6.45) is 1.02. The van der Waals surface area contributed by atoms with Gasteiger partial charge in [-0.2, -0.15) is 0 Å². The molecule has 0 heterocycles. The van der Waals surface area contributed by atoms with Crippen molar-refractivity contribution < 1.29 is 24.2 Å². The number of ether oxygens (including phenoxy) is 1. The number of nitrogens with zero attached hydrogens (tertiary/aromatic N) is 1. The van der Waals surface area contributed by atoms with Crippen LogP contribution >= 0.6 is 0 Å². The summed E-state index contributed by atoms with van der Waals surface area (Å²) >= 11 is 0. The van der Waals surface area contributed by atoms with E-state index < -0.39 is 29.7 Å². The smallest absolute Gasteiger partial charge is 0.408 e. The zero-order valence-corrected chi connectivity index (χ0v) is 22.0. The fourth-order valence-electron chi connectivity index (χ4n) is 3.67. The Balaban J connectivity index is 3.42. The standard InChI is InChI=1S/C26H43N3O5/c1-9-10-13-27-23(31)22(20-12-11-18(4)16-19(20)5)29(14-15-30)24(32)21(17(2)3)28-25(33)34-26(6,7)8/h11-12,16-17,21-22,30H,9-10,13-15H2,1-8H3,(H,27,31)(H,28,33). The van der Waals surface area contributed by atoms with Crippen LogP contribution in [-0.4, -0.2) is 59.3 Å². The SMILES string of the molecule is CCCCNC(=O)C(c1ccc(C)cc1C)N(CCO)C(=O)C(NC(=O)OC(C)(C)C)C(C)C. The van der Waals surface area contributed by atoms with Crippen LogP contribution in [0.2, 0.25) is 0 Å². The third kappa shape index (κ3) is 8.97. The number of carbonyl (C=O) groups is 3. The van der Waals surface area contributed by atoms with Crippen LogP contribution in [0.4, 0.5) is 4.79 Å². The maximum absolute atomic E-state index is 13.8. The second-order valence-corrected chi connectivity index (χ2v) is 10.0. The Morgan fingerprint density at radius 2 is 1.79 bits per heavy atom. The van der Waals surface area contributed by atoms with Gasteiger partial charge in [0.2, 0.25) is 11.8 Å². The topological polar surface area (TPSA) is 108 Å². The summed E-state index contributed by atoms with van der Waals surface area (Å²) in [4.78, 5) is 41.0. The molecule has 3 N–H and O–H groups in total. The minimum atomic E-state index is -0.946. The van der Waals surface area contributed by atoms with E-state index in [4.69, 9.17) is 4.74 Å². The molecule has 0 saturated heterocycles. The zero-order valence-electron chi connectivity index (χ0n) is 22.0. The third-order valence-electron chi connectivity index (χ3n) is 5.34. The van der Waals surface area contributed by atoms with E-state index in [0.717, 1.165) is 24.0 Å². The van der Waals surface area contributed by atoms with E-state index in [1.54, 1.807) is 20.8 Å². The molecule has 0 aliphatic rings. The molecule has 0 fully saturated rings. The first-order valence-electron chi connectivity index (χ1n) is 12.1. The molecule has 0 aromatic heterocycles. The minimum absolute atomic E-state index is 0.0583. The van der Waals surface area contributed by atoms with Crippen LogP contribution in [0.5, 0.6) is 0 Å². The molecule has 1 aromatic rings. The van der Waals surface area contributed by atoms with E-state index in [0.29, 0.717) is 12.1 Å². The summed E-state index contributed by atoms with van der Waals surface area (Å²) in [5.41, 5.74) is 1.87. The van der Waals surface area contributed by atoms with Gasteiger partial charge in [0.1, 0.15) is 17.7 Å². The molecule has 0 radical (unpaired) electrons. The van der Waals surface area contributed by atoms with Crippen LogP contribution in [0.25, 0.3) is 0 Å². The number of unbranched alkanes of at least 4 members (excludes halogenated alkanes) is 1. The van der Waals surface area contributed by atoms with Gasteiger partial charge in [0.25, 0.3) is 0 Å². The highest BCUT2D eigenvalue weighted by Crippen LogP contribution is 2.27. The van der Waals surface area contributed by atoms with Crippen LogP contribution in [0.3, 0.4) is 0 Å². The summed E-state index contributed by atoms with van der Waals surface area (Å²) < 4.78 is 5.35. The number of benzene rings is 1. The number of hydrogen-bond donors (Lipinski definition) is 3. The second kappa shape index (κ2) is 13.3. The van der Waals surface area contributed by atoms with Crippen LogP contribution in [-0.2, 0) is 14.3 Å². The molecule has 1 rings (SSSR count). The highest BCUT2D eigenvalue weighted by atomic mass is 16.6. The molecule has 0 aliphatic carbocycles. The molecule has 192 valence electrons. The van der Waals surface area contributed by atoms with Gasteiger partial charge in [0.05, 0.1) is 6.61 Å². The Labute approximate surface area is 204 Å². The number of hydrogen-bond acceptors (Lipinski definition) is 5. The van der Waals surface area contributed by atoms with Gasteiger partial charge in [0.15, 0.2) is 0 Å². The molecule has 8 heteroatoms. The molecule has 1 aromatic carbocycles. The monoisotopic (exact) mass is 477 g/mol. The summed E-state index contributed by atoms with van der Waals surface area (Å²) in [6, 6.07) is 3.83. The number of carbonyl (C=O) groups excluding carboxylic acids is 3. The van der Waals surface area contributed by atoms with E-state index in [1.165, 1.54) is 4.90 Å². The number of aliphatic hydroxyl groups excluding tert-OH is 1. The number of alkyl carbamates (subject to hydrolysis) is 1. The van der Waals surface area contributed by atoms with Crippen molar-refractivity contribution in [2.45, 2.75) is 85.9 Å². The van der Waals surface area contributed by atoms with Gasteiger partial charge in [-0.1, -0.05) is 51.0 Å². The Morgan fingerprint density at radius 1 is 1.15 bits per heavy atom. The van der Waals surface area contributed by atoms with E-state index >= 15 is 0 Å². The lowest BCUT2D eigenvalue weighted by atomic mass is 9.95. The number of rotatable bonds is 11. The van der Waals surface area contributed by atoms with Crippen molar-refractivity contribution in [3.63, 3.8) is 0 Å². The number of nitrogens with one attached hydrogen (secondary N) is 2. The van der Waals surface area contributed by atoms with Crippen molar-refractivity contribution in [3.05, 3.63) is 34.9 Å². The maximum atomic E-state index is 13.8. The number of amides is 3. The minimum Gasteiger partial charge on any atom is -0.444 e. The van der Waals surface area contributed by atoms with Crippen molar-refractivity contribution in [2.24, 2.45) is 5.92 Å². The van der Waals surface area contributed by atoms with Gasteiger partial charge in [0, 0.05) is 13.1 Å². The van der Waals surface area contributed by atoms with E-state index in [-0.39, 0.29) is 25.0 Å². The maximum Gasteiger partial charge on any atom is 0.408 e. The van der Waals surface area contributed by atoms with Crippen molar-refractivity contribution >= 4 is 17.9 Å². The quantitative estimate of drug-likeness (QED) is 0.422. The van der Waals surface area contributed by atoms with Crippen LogP contribution in [0.1, 0.15) is 77.1 Å². The van der Waals surface area contributed by atoms with Crippen molar-refractivity contribution in [2.75, 3.05) is 19.7 Å². The zero-order chi connectivity index (χ0) is 26.1. The van der Waals surface area contributed by atoms with Gasteiger partial charge in [-0.15, -0.1) is 0 Å². The Morgan fingerprint density at radius 3 is 2.29 bits per heavy atom. The third-order valence-corrected chi connectivity index (χ3v) is 5.34. The fraction of sp³-hybridized carbons (Fsp3) is 0.654. The van der Waals surface area contributed by atoms with Crippen LogP contribution in [0, 0.1) is 19.8 Å². The van der Waals surface area contributed by atoms with Gasteiger partial charge >= 0.3 is 6.09 Å². The lowest BCUT2D eigenvalue weighted by Gasteiger charge is -2.35. The first-order valence-corrected chi connectivity index (χ1v) is 12.1. The van der Waals surface area contributed by atoms with E-state index in [9.17, 15) is 19.5 Å². The molecule has 2 unspecified atom stereocenters. The van der Waals surface area contributed by atoms with Gasteiger partial charge in [-0.3, -0.25) is 9.59 Å². The van der Waals surface area contributed by atoms with Crippen molar-refractivity contribution in [1.82, 2.24) is 15.5 Å². The van der Waals surface area contributed by atoms with E-state index in [2.05, 4.69) is 10.6 Å². The molecule has 8 nitrogen and oxygen atoms in total. The van der Waals surface area contributed by atoms with Crippen LogP contribution in [0.15, 0.2) is 18.2 Å². The molecular formula is C26H43N3O5. The summed E-state index contributed by atoms with van der Waals surface area (Å²) in [6.45, 7) is 14.8. The van der Waals surface area contributed by atoms with Crippen LogP contribution < -0.4 is 10.6 Å². The molecule has 0 spiro atoms. The first-order chi connectivity index (χ1) is 15.8. The average Bonchev–Trinajstić information content (AvgIpc) is 2.71. The van der Waals surface area contributed by atoms with Crippen molar-refractivity contribution in [3.8, 4) is 0 Å². The normalized spacial score (nSPS) is 13.2. The average molecular weight is 478 g/mol. The molecule has 2 atom stereocenters. The second-order valence-electron chi connectivity index (χ2n) is 10.0. The Hall–Kier alpha value is -2.61. The first kappa shape index (κ1) is 29.4. The predicted molar refractivity (Wildman–Crippen MR) is 133 cm³/mol. The molecule has 34 heavy (non-hydrogen) atoms. The molecule has 0 aliphatic heterocycles. The summed E-state index contributed by atoms with van der Waals surface area (Å²) in [5, 5.41) is 15.4. The molecule has 3 amide bonds. The van der Waals surface area contributed by atoms with Gasteiger partial charge < -0.3 is 25.4 Å². The predicted octanol–water partition coefficient (Wildman–Crippen LogP) is 3.63. The summed E-state index contributed by atoms with van der Waals surface area (Å²) in [5.74, 6) is -1.04. The largest absolute Gasteiger partial charge is 0.444 e. The lowest BCUT2D eigenvalue weighted by Crippen LogP contribution is -2.55. The lowest BCUT2D eigenvalue weighted by molar-refractivity contribution is -0.143. The number of aryl methyl sites for hydroxylation is 2. The number of aliphatic hydroxyl groups is 1. The Kier molecular flexibility index (Phi) is 11.5. The van der Waals surface area contributed by atoms with E-state index in [1.807, 2.05) is 52.8 Å². The molecule has 0 saturated carbocycles. The summed E-state index contributed by atoms with van der Waals surface area (Å²) in [7, 11) is 0. The van der Waals surface area contributed by atoms with Gasteiger partial charge in [-0.05, 0) is 58.1 Å². The fourth-order valence-corrected chi connectivity index (χ4v) is 3.67. The Bertz CT molecular complexity index is 832. The van der Waals surface area contributed by atoms with Gasteiger partial charge in [-0.25, -0.2) is 4.79 Å². The highest BCUT2D eigenvalue weighted by Gasteiger charge is 2.37.